The molecule has 1 fully saturated rings. The number of amides is 1. The van der Waals surface area contributed by atoms with Gasteiger partial charge in [-0.3, -0.25) is 4.79 Å². The number of hydrogen-bond donors (Lipinski definition) is 1. The minimum atomic E-state index is -0.305. The van der Waals surface area contributed by atoms with Crippen molar-refractivity contribution in [1.29, 1.82) is 0 Å². The van der Waals surface area contributed by atoms with E-state index >= 15 is 0 Å². The summed E-state index contributed by atoms with van der Waals surface area (Å²) in [5.41, 5.74) is -0.305. The van der Waals surface area contributed by atoms with E-state index in [4.69, 9.17) is 4.74 Å². The summed E-state index contributed by atoms with van der Waals surface area (Å²) in [4.78, 5) is 14.1. The summed E-state index contributed by atoms with van der Waals surface area (Å²) in [6.07, 6.45) is 2.92. The third kappa shape index (κ3) is 2.95. The molecule has 1 saturated heterocycles. The average Bonchev–Trinajstić information content (AvgIpc) is 2.78. The minimum Gasteiger partial charge on any atom is -0.380 e. The summed E-state index contributed by atoms with van der Waals surface area (Å²) in [5, 5.41) is 3.36. The Hall–Kier alpha value is -0.610. The highest BCUT2D eigenvalue weighted by atomic mass is 16.5. The molecule has 4 nitrogen and oxygen atoms in total. The van der Waals surface area contributed by atoms with Crippen molar-refractivity contribution in [2.45, 2.75) is 38.6 Å². The van der Waals surface area contributed by atoms with Gasteiger partial charge < -0.3 is 15.0 Å². The second kappa shape index (κ2) is 6.21. The number of likely N-dealkylation sites (N-methyl/N-ethyl adjacent to an activating group) is 1. The molecule has 1 heterocycles. The molecule has 0 saturated carbocycles. The van der Waals surface area contributed by atoms with Gasteiger partial charge in [0.25, 0.3) is 0 Å². The van der Waals surface area contributed by atoms with Crippen LogP contribution in [0.25, 0.3) is 0 Å². The number of nitrogens with zero attached hydrogens (tertiary/aromatic N) is 1. The molecule has 0 aliphatic carbocycles. The number of rotatable bonds is 6. The van der Waals surface area contributed by atoms with Crippen molar-refractivity contribution in [3.63, 3.8) is 0 Å². The lowest BCUT2D eigenvalue weighted by atomic mass is 9.92. The maximum atomic E-state index is 12.3. The molecule has 1 atom stereocenters. The lowest BCUT2D eigenvalue weighted by Gasteiger charge is -2.31. The Balaban J connectivity index is 2.47. The second-order valence-corrected chi connectivity index (χ2v) is 4.39. The molecule has 0 aromatic rings. The SMILES string of the molecule is CCOCCN(C)C(=O)C1(CC)CCCN1. The molecule has 0 aromatic heterocycles. The van der Waals surface area contributed by atoms with Gasteiger partial charge in [-0.25, -0.2) is 0 Å². The van der Waals surface area contributed by atoms with E-state index in [9.17, 15) is 4.79 Å². The van der Waals surface area contributed by atoms with Gasteiger partial charge in [-0.1, -0.05) is 6.92 Å². The van der Waals surface area contributed by atoms with Crippen LogP contribution in [0.1, 0.15) is 33.1 Å². The molecule has 1 N–H and O–H groups in total. The predicted molar refractivity (Wildman–Crippen MR) is 64.4 cm³/mol. The lowest BCUT2D eigenvalue weighted by molar-refractivity contribution is -0.137. The molecule has 1 rings (SSSR count). The van der Waals surface area contributed by atoms with E-state index in [2.05, 4.69) is 12.2 Å². The lowest BCUT2D eigenvalue weighted by Crippen LogP contribution is -2.54. The molecule has 16 heavy (non-hydrogen) atoms. The summed E-state index contributed by atoms with van der Waals surface area (Å²) >= 11 is 0. The van der Waals surface area contributed by atoms with Crippen molar-refractivity contribution < 1.29 is 9.53 Å². The first kappa shape index (κ1) is 13.5. The smallest absolute Gasteiger partial charge is 0.242 e. The highest BCUT2D eigenvalue weighted by Crippen LogP contribution is 2.24. The standard InChI is InChI=1S/C12H24N2O2/c1-4-12(7-6-8-13-12)11(15)14(3)9-10-16-5-2/h13H,4-10H2,1-3H3. The van der Waals surface area contributed by atoms with Crippen LogP contribution in [-0.2, 0) is 9.53 Å². The van der Waals surface area contributed by atoms with E-state index in [1.165, 1.54) is 0 Å². The van der Waals surface area contributed by atoms with Gasteiger partial charge in [-0.2, -0.15) is 0 Å². The molecule has 1 aliphatic rings. The number of carbonyl (C=O) groups excluding carboxylic acids is 1. The van der Waals surface area contributed by atoms with Crippen molar-refractivity contribution in [3.8, 4) is 0 Å². The number of nitrogens with one attached hydrogen (secondary N) is 1. The van der Waals surface area contributed by atoms with Crippen LogP contribution >= 0.6 is 0 Å². The predicted octanol–water partition coefficient (Wildman–Crippen LogP) is 1.01. The molecule has 0 radical (unpaired) electrons. The Kier molecular flexibility index (Phi) is 5.22. The quantitative estimate of drug-likeness (QED) is 0.690. The zero-order chi connectivity index (χ0) is 12.0. The highest BCUT2D eigenvalue weighted by molar-refractivity contribution is 5.86. The fraction of sp³-hybridized carbons (Fsp3) is 0.917. The molecular weight excluding hydrogens is 204 g/mol. The van der Waals surface area contributed by atoms with Gasteiger partial charge >= 0.3 is 0 Å². The average molecular weight is 228 g/mol. The first-order chi connectivity index (χ1) is 7.66. The summed E-state index contributed by atoms with van der Waals surface area (Å²) < 4.78 is 5.27. The van der Waals surface area contributed by atoms with E-state index in [0.717, 1.165) is 25.8 Å². The number of hydrogen-bond acceptors (Lipinski definition) is 3. The van der Waals surface area contributed by atoms with Crippen molar-refractivity contribution in [3.05, 3.63) is 0 Å². The van der Waals surface area contributed by atoms with Crippen molar-refractivity contribution in [1.82, 2.24) is 10.2 Å². The first-order valence-corrected chi connectivity index (χ1v) is 6.24. The Morgan fingerprint density at radius 1 is 1.50 bits per heavy atom. The molecular formula is C12H24N2O2. The normalized spacial score (nSPS) is 24.7. The Bertz CT molecular complexity index is 225. The topological polar surface area (TPSA) is 41.6 Å². The molecule has 0 bridgehead atoms. The maximum Gasteiger partial charge on any atom is 0.242 e. The molecule has 0 aromatic carbocycles. The largest absolute Gasteiger partial charge is 0.380 e. The van der Waals surface area contributed by atoms with Gasteiger partial charge in [0, 0.05) is 20.2 Å². The van der Waals surface area contributed by atoms with Crippen LogP contribution < -0.4 is 5.32 Å². The van der Waals surface area contributed by atoms with Crippen LogP contribution in [0, 0.1) is 0 Å². The first-order valence-electron chi connectivity index (χ1n) is 6.24. The summed E-state index contributed by atoms with van der Waals surface area (Å²) in [5.74, 6) is 0.215. The van der Waals surface area contributed by atoms with E-state index in [0.29, 0.717) is 19.8 Å². The molecule has 94 valence electrons. The van der Waals surface area contributed by atoms with E-state index in [1.807, 2.05) is 14.0 Å². The summed E-state index contributed by atoms with van der Waals surface area (Å²) in [7, 11) is 1.86. The van der Waals surface area contributed by atoms with Gasteiger partial charge in [0.1, 0.15) is 0 Å². The van der Waals surface area contributed by atoms with Gasteiger partial charge in [-0.15, -0.1) is 0 Å². The number of carbonyl (C=O) groups is 1. The third-order valence-corrected chi connectivity index (χ3v) is 3.38. The third-order valence-electron chi connectivity index (χ3n) is 3.38. The molecule has 0 spiro atoms. The molecule has 1 unspecified atom stereocenters. The summed E-state index contributed by atoms with van der Waals surface area (Å²) in [6.45, 7) is 7.01. The van der Waals surface area contributed by atoms with Gasteiger partial charge in [0.05, 0.1) is 12.1 Å². The molecule has 1 amide bonds. The maximum absolute atomic E-state index is 12.3. The van der Waals surface area contributed by atoms with Gasteiger partial charge in [-0.05, 0) is 32.7 Å². The highest BCUT2D eigenvalue weighted by Gasteiger charge is 2.40. The van der Waals surface area contributed by atoms with Crippen LogP contribution in [0.5, 0.6) is 0 Å². The van der Waals surface area contributed by atoms with Crippen molar-refractivity contribution in [2.24, 2.45) is 0 Å². The Morgan fingerprint density at radius 2 is 2.25 bits per heavy atom. The van der Waals surface area contributed by atoms with Crippen LogP contribution in [0.15, 0.2) is 0 Å². The van der Waals surface area contributed by atoms with E-state index in [-0.39, 0.29) is 11.4 Å². The van der Waals surface area contributed by atoms with Crippen molar-refractivity contribution >= 4 is 5.91 Å². The zero-order valence-corrected chi connectivity index (χ0v) is 10.7. The van der Waals surface area contributed by atoms with Crippen LogP contribution in [-0.4, -0.2) is 49.7 Å². The minimum absolute atomic E-state index is 0.215. The van der Waals surface area contributed by atoms with E-state index < -0.39 is 0 Å². The Morgan fingerprint density at radius 3 is 2.75 bits per heavy atom. The fourth-order valence-electron chi connectivity index (χ4n) is 2.25. The van der Waals surface area contributed by atoms with Gasteiger partial charge in [0.2, 0.25) is 5.91 Å². The van der Waals surface area contributed by atoms with Crippen LogP contribution in [0.4, 0.5) is 0 Å². The zero-order valence-electron chi connectivity index (χ0n) is 10.7. The van der Waals surface area contributed by atoms with E-state index in [1.54, 1.807) is 4.90 Å². The Labute approximate surface area is 98.3 Å². The molecule has 1 aliphatic heterocycles. The summed E-state index contributed by atoms with van der Waals surface area (Å²) in [6, 6.07) is 0. The number of ether oxygens (including phenoxy) is 1. The van der Waals surface area contributed by atoms with Gasteiger partial charge in [0.15, 0.2) is 0 Å². The molecule has 4 heteroatoms. The van der Waals surface area contributed by atoms with Crippen LogP contribution in [0.2, 0.25) is 0 Å². The fourth-order valence-corrected chi connectivity index (χ4v) is 2.25. The van der Waals surface area contributed by atoms with Crippen molar-refractivity contribution in [2.75, 3.05) is 33.4 Å². The van der Waals surface area contributed by atoms with Crippen LogP contribution in [0.3, 0.4) is 0 Å². The monoisotopic (exact) mass is 228 g/mol. The second-order valence-electron chi connectivity index (χ2n) is 4.39.